The van der Waals surface area contributed by atoms with E-state index in [2.05, 4.69) is 30.4 Å². The number of H-pyrrole nitrogens is 2. The van der Waals surface area contributed by atoms with Gasteiger partial charge in [0.1, 0.15) is 0 Å². The Labute approximate surface area is 89.4 Å². The molecule has 2 rings (SSSR count). The second kappa shape index (κ2) is 3.96. The number of nitrogen functional groups attached to an aromatic ring is 1. The molecule has 2 aromatic heterocycles. The van der Waals surface area contributed by atoms with Gasteiger partial charge in [0.25, 0.3) is 0 Å². The summed E-state index contributed by atoms with van der Waals surface area (Å²) >= 11 is 0. The molecule has 9 nitrogen and oxygen atoms in total. The van der Waals surface area contributed by atoms with Gasteiger partial charge in [0.2, 0.25) is 17.6 Å². The molecule has 0 atom stereocenters. The summed E-state index contributed by atoms with van der Waals surface area (Å²) < 4.78 is 4.74. The Morgan fingerprint density at radius 2 is 2.19 bits per heavy atom. The zero-order valence-corrected chi connectivity index (χ0v) is 8.39. The molecule has 0 amide bonds. The zero-order chi connectivity index (χ0) is 11.5. The van der Waals surface area contributed by atoms with E-state index in [9.17, 15) is 4.79 Å². The third-order valence-corrected chi connectivity index (χ3v) is 1.67. The first-order chi connectivity index (χ1) is 7.70. The minimum absolute atomic E-state index is 0.00632. The van der Waals surface area contributed by atoms with Crippen molar-refractivity contribution in [2.24, 2.45) is 0 Å². The summed E-state index contributed by atoms with van der Waals surface area (Å²) in [5, 5.41) is 12.3. The molecule has 0 aliphatic heterocycles. The first kappa shape index (κ1) is 10.1. The van der Waals surface area contributed by atoms with Gasteiger partial charge in [0.15, 0.2) is 5.82 Å². The second-order valence-corrected chi connectivity index (χ2v) is 2.77. The molecule has 0 aromatic carbocycles. The van der Waals surface area contributed by atoms with Crippen LogP contribution in [-0.4, -0.2) is 42.9 Å². The average Bonchev–Trinajstić information content (AvgIpc) is 2.85. The molecule has 4 N–H and O–H groups in total. The van der Waals surface area contributed by atoms with Crippen molar-refractivity contribution in [1.82, 2.24) is 30.4 Å². The molecule has 0 aliphatic carbocycles. The number of hydrogen-bond acceptors (Lipinski definition) is 7. The molecule has 0 bridgehead atoms. The molecule has 0 radical (unpaired) electrons. The Balaban J connectivity index is 2.22. The van der Waals surface area contributed by atoms with Crippen molar-refractivity contribution in [2.75, 3.05) is 12.3 Å². The summed E-state index contributed by atoms with van der Waals surface area (Å²) in [6, 6.07) is 0. The van der Waals surface area contributed by atoms with E-state index in [1.807, 2.05) is 0 Å². The molecular weight excluding hydrogens is 214 g/mol. The molecule has 9 heteroatoms. The number of nitrogens with two attached hydrogens (primary N) is 1. The van der Waals surface area contributed by atoms with E-state index < -0.39 is 5.97 Å². The molecule has 84 valence electrons. The Hall–Kier alpha value is -2.45. The zero-order valence-electron chi connectivity index (χ0n) is 8.39. The van der Waals surface area contributed by atoms with E-state index in [0.717, 1.165) is 0 Å². The number of nitrogens with zero attached hydrogens (tertiary/aromatic N) is 4. The largest absolute Gasteiger partial charge is 0.460 e. The lowest BCUT2D eigenvalue weighted by atomic mass is 10.5. The summed E-state index contributed by atoms with van der Waals surface area (Å²) in [6.45, 7) is 1.97. The molecule has 0 spiro atoms. The number of nitrogens with one attached hydrogen (secondary N) is 2. The third kappa shape index (κ3) is 1.82. The molecule has 0 saturated carbocycles. The summed E-state index contributed by atoms with van der Waals surface area (Å²) in [6.07, 6.45) is 0. The topological polar surface area (TPSA) is 135 Å². The second-order valence-electron chi connectivity index (χ2n) is 2.77. The Morgan fingerprint density at radius 3 is 2.81 bits per heavy atom. The van der Waals surface area contributed by atoms with E-state index in [4.69, 9.17) is 10.5 Å². The first-order valence-corrected chi connectivity index (χ1v) is 4.48. The van der Waals surface area contributed by atoms with Crippen LogP contribution in [0.4, 0.5) is 5.95 Å². The van der Waals surface area contributed by atoms with E-state index in [0.29, 0.717) is 0 Å². The number of hydrogen-bond donors (Lipinski definition) is 3. The van der Waals surface area contributed by atoms with Crippen molar-refractivity contribution < 1.29 is 9.53 Å². The van der Waals surface area contributed by atoms with Gasteiger partial charge >= 0.3 is 5.97 Å². The number of rotatable bonds is 3. The number of carbonyl (C=O) groups excluding carboxylic acids is 1. The van der Waals surface area contributed by atoms with E-state index in [-0.39, 0.29) is 30.0 Å². The highest BCUT2D eigenvalue weighted by atomic mass is 16.5. The van der Waals surface area contributed by atoms with Crippen molar-refractivity contribution in [3.63, 3.8) is 0 Å². The van der Waals surface area contributed by atoms with Crippen molar-refractivity contribution in [2.45, 2.75) is 6.92 Å². The molecule has 0 fully saturated rings. The van der Waals surface area contributed by atoms with Gasteiger partial charge in [-0.05, 0) is 6.92 Å². The van der Waals surface area contributed by atoms with Crippen LogP contribution in [-0.2, 0) is 4.74 Å². The molecule has 2 heterocycles. The number of carbonyl (C=O) groups is 1. The molecule has 0 unspecified atom stereocenters. The smallest absolute Gasteiger partial charge is 0.375 e. The lowest BCUT2D eigenvalue weighted by Crippen LogP contribution is -2.06. The lowest BCUT2D eigenvalue weighted by molar-refractivity contribution is 0.0512. The number of aromatic nitrogens is 6. The minimum Gasteiger partial charge on any atom is -0.460 e. The van der Waals surface area contributed by atoms with Gasteiger partial charge in [-0.1, -0.05) is 0 Å². The average molecular weight is 223 g/mol. The lowest BCUT2D eigenvalue weighted by Gasteiger charge is -1.94. The summed E-state index contributed by atoms with van der Waals surface area (Å²) in [4.78, 5) is 19.0. The molecule has 16 heavy (non-hydrogen) atoms. The van der Waals surface area contributed by atoms with E-state index >= 15 is 0 Å². The highest BCUT2D eigenvalue weighted by molar-refractivity contribution is 5.85. The molecule has 2 aromatic rings. The van der Waals surface area contributed by atoms with Crippen LogP contribution in [0.25, 0.3) is 11.6 Å². The number of esters is 1. The fraction of sp³-hybridized carbons (Fsp3) is 0.286. The standard InChI is InChI=1S/C7H9N7O2/c1-2-16-6(15)5-9-3(11-13-5)4-10-7(8)14-12-4/h2H2,1H3,(H,9,11,13)(H3,8,10,12,14). The van der Waals surface area contributed by atoms with E-state index in [1.54, 1.807) is 6.92 Å². The quantitative estimate of drug-likeness (QED) is 0.588. The molecular formula is C7H9N7O2. The Kier molecular flexibility index (Phi) is 2.50. The fourth-order valence-corrected chi connectivity index (χ4v) is 1.03. The number of aromatic amines is 2. The predicted octanol–water partition coefficient (Wildman–Crippen LogP) is -0.651. The van der Waals surface area contributed by atoms with Crippen LogP contribution in [0, 0.1) is 0 Å². The number of ether oxygens (including phenoxy) is 1. The maximum atomic E-state index is 11.3. The van der Waals surface area contributed by atoms with Gasteiger partial charge in [0.05, 0.1) is 6.61 Å². The summed E-state index contributed by atoms with van der Waals surface area (Å²) in [7, 11) is 0. The van der Waals surface area contributed by atoms with Crippen LogP contribution in [0.3, 0.4) is 0 Å². The SMILES string of the molecule is CCOC(=O)c1nc(-c2nc(N)n[nH]2)n[nH]1. The van der Waals surface area contributed by atoms with Crippen LogP contribution < -0.4 is 5.73 Å². The van der Waals surface area contributed by atoms with Gasteiger partial charge in [-0.25, -0.2) is 4.79 Å². The van der Waals surface area contributed by atoms with Crippen LogP contribution in [0.15, 0.2) is 0 Å². The van der Waals surface area contributed by atoms with Crippen LogP contribution in [0.5, 0.6) is 0 Å². The van der Waals surface area contributed by atoms with Crippen molar-refractivity contribution >= 4 is 11.9 Å². The normalized spacial score (nSPS) is 10.3. The van der Waals surface area contributed by atoms with Gasteiger partial charge in [-0.15, -0.1) is 10.2 Å². The minimum atomic E-state index is -0.575. The van der Waals surface area contributed by atoms with Crippen LogP contribution in [0.1, 0.15) is 17.5 Å². The van der Waals surface area contributed by atoms with E-state index in [1.165, 1.54) is 0 Å². The molecule has 0 aliphatic rings. The van der Waals surface area contributed by atoms with Gasteiger partial charge in [-0.2, -0.15) is 9.97 Å². The van der Waals surface area contributed by atoms with Crippen LogP contribution >= 0.6 is 0 Å². The van der Waals surface area contributed by atoms with Crippen LogP contribution in [0.2, 0.25) is 0 Å². The predicted molar refractivity (Wildman–Crippen MR) is 52.1 cm³/mol. The van der Waals surface area contributed by atoms with Crippen molar-refractivity contribution in [1.29, 1.82) is 0 Å². The van der Waals surface area contributed by atoms with Gasteiger partial charge in [0, 0.05) is 0 Å². The van der Waals surface area contributed by atoms with Gasteiger partial charge < -0.3 is 10.5 Å². The Bertz CT molecular complexity index is 502. The van der Waals surface area contributed by atoms with Gasteiger partial charge in [-0.3, -0.25) is 10.2 Å². The maximum absolute atomic E-state index is 11.3. The summed E-state index contributed by atoms with van der Waals surface area (Å²) in [5.74, 6) is -0.00500. The third-order valence-electron chi connectivity index (χ3n) is 1.67. The monoisotopic (exact) mass is 223 g/mol. The van der Waals surface area contributed by atoms with Crippen molar-refractivity contribution in [3.8, 4) is 11.6 Å². The maximum Gasteiger partial charge on any atom is 0.375 e. The highest BCUT2D eigenvalue weighted by Gasteiger charge is 2.15. The van der Waals surface area contributed by atoms with Crippen molar-refractivity contribution in [3.05, 3.63) is 5.82 Å². The molecule has 0 saturated heterocycles. The fourth-order valence-electron chi connectivity index (χ4n) is 1.03. The Morgan fingerprint density at radius 1 is 1.38 bits per heavy atom. The number of anilines is 1. The summed E-state index contributed by atoms with van der Waals surface area (Å²) in [5.41, 5.74) is 5.32. The first-order valence-electron chi connectivity index (χ1n) is 4.48. The highest BCUT2D eigenvalue weighted by Crippen LogP contribution is 2.09.